The molecule has 4 aromatic rings. The number of esters is 1. The van der Waals surface area contributed by atoms with E-state index >= 15 is 0 Å². The minimum absolute atomic E-state index is 0.0285. The number of ether oxygens (including phenoxy) is 1. The molecule has 0 aliphatic heterocycles. The summed E-state index contributed by atoms with van der Waals surface area (Å²) >= 11 is 0. The SMILES string of the molecule is COC(=O)C[C@@H](CC(=O)/C=C/c1c(-c2ccc(F)cc2)c(-c2ccccc2)c(C(=O)Nc2ccccc2)n1C(C)C)O[Si](C)(C)C(C)(C)C. The van der Waals surface area contributed by atoms with Crippen molar-refractivity contribution in [2.45, 2.75) is 77.7 Å². The number of hydrogen-bond donors (Lipinski definition) is 1. The van der Waals surface area contributed by atoms with Crippen LogP contribution in [0.25, 0.3) is 28.3 Å². The number of carbonyl (C=O) groups is 3. The van der Waals surface area contributed by atoms with Crippen LogP contribution < -0.4 is 5.32 Å². The summed E-state index contributed by atoms with van der Waals surface area (Å²) in [6.45, 7) is 14.4. The fourth-order valence-corrected chi connectivity index (χ4v) is 6.87. The minimum Gasteiger partial charge on any atom is -0.469 e. The Bertz CT molecular complexity index is 1790. The molecule has 0 bridgehead atoms. The lowest BCUT2D eigenvalue weighted by atomic mass is 9.94. The van der Waals surface area contributed by atoms with Gasteiger partial charge in [-0.15, -0.1) is 0 Å². The fourth-order valence-electron chi connectivity index (χ4n) is 5.52. The molecule has 1 N–H and O–H groups in total. The highest BCUT2D eigenvalue weighted by atomic mass is 28.4. The van der Waals surface area contributed by atoms with Crippen LogP contribution in [0.2, 0.25) is 18.1 Å². The van der Waals surface area contributed by atoms with Gasteiger partial charge in [-0.25, -0.2) is 4.39 Å². The van der Waals surface area contributed by atoms with E-state index in [1.54, 1.807) is 18.2 Å². The lowest BCUT2D eigenvalue weighted by Gasteiger charge is -2.39. The second-order valence-corrected chi connectivity index (χ2v) is 18.7. The summed E-state index contributed by atoms with van der Waals surface area (Å²) in [4.78, 5) is 40.3. The first-order chi connectivity index (χ1) is 23.1. The number of benzene rings is 3. The Morgan fingerprint density at radius 2 is 1.43 bits per heavy atom. The number of methoxy groups -OCH3 is 1. The van der Waals surface area contributed by atoms with Crippen LogP contribution in [0.3, 0.4) is 0 Å². The number of allylic oxidation sites excluding steroid dienone is 1. The maximum atomic E-state index is 14.3. The van der Waals surface area contributed by atoms with Crippen molar-refractivity contribution >= 4 is 37.7 Å². The average molecular weight is 683 g/mol. The lowest BCUT2D eigenvalue weighted by Crippen LogP contribution is -2.44. The molecule has 0 aliphatic rings. The Hall–Kier alpha value is -4.60. The van der Waals surface area contributed by atoms with E-state index in [1.807, 2.05) is 79.1 Å². The van der Waals surface area contributed by atoms with Gasteiger partial charge in [0.15, 0.2) is 14.1 Å². The van der Waals surface area contributed by atoms with Crippen LogP contribution in [0.15, 0.2) is 91.0 Å². The van der Waals surface area contributed by atoms with Crippen LogP contribution in [-0.4, -0.2) is 43.8 Å². The predicted octanol–water partition coefficient (Wildman–Crippen LogP) is 9.72. The molecule has 0 spiro atoms. The fraction of sp³-hybridized carbons (Fsp3) is 0.325. The van der Waals surface area contributed by atoms with Gasteiger partial charge >= 0.3 is 5.97 Å². The Morgan fingerprint density at radius 3 is 1.98 bits per heavy atom. The van der Waals surface area contributed by atoms with Crippen LogP contribution >= 0.6 is 0 Å². The zero-order valence-electron chi connectivity index (χ0n) is 29.7. The van der Waals surface area contributed by atoms with Crippen molar-refractivity contribution in [3.05, 3.63) is 108 Å². The van der Waals surface area contributed by atoms with Crippen LogP contribution in [0, 0.1) is 5.82 Å². The van der Waals surface area contributed by atoms with E-state index in [9.17, 15) is 18.8 Å². The van der Waals surface area contributed by atoms with Gasteiger partial charge in [0.1, 0.15) is 11.5 Å². The summed E-state index contributed by atoms with van der Waals surface area (Å²) in [5.41, 5.74) is 4.48. The highest BCUT2D eigenvalue weighted by Gasteiger charge is 2.40. The summed E-state index contributed by atoms with van der Waals surface area (Å²) in [7, 11) is -1.01. The summed E-state index contributed by atoms with van der Waals surface area (Å²) in [6.07, 6.45) is 2.46. The van der Waals surface area contributed by atoms with Gasteiger partial charge in [-0.3, -0.25) is 14.4 Å². The third-order valence-electron chi connectivity index (χ3n) is 8.95. The van der Waals surface area contributed by atoms with Crippen molar-refractivity contribution in [3.63, 3.8) is 0 Å². The van der Waals surface area contributed by atoms with Crippen molar-refractivity contribution in [2.75, 3.05) is 12.4 Å². The number of nitrogens with zero attached hydrogens (tertiary/aromatic N) is 1. The molecule has 1 amide bonds. The second kappa shape index (κ2) is 15.7. The topological polar surface area (TPSA) is 86.6 Å². The number of anilines is 1. The molecule has 0 saturated heterocycles. The molecule has 0 radical (unpaired) electrons. The van der Waals surface area contributed by atoms with Crippen LogP contribution in [0.1, 0.15) is 69.7 Å². The summed E-state index contributed by atoms with van der Waals surface area (Å²) in [6, 6.07) is 24.7. The van der Waals surface area contributed by atoms with Crippen LogP contribution in [0.4, 0.5) is 10.1 Å². The Balaban J connectivity index is 1.89. The van der Waals surface area contributed by atoms with Crippen LogP contribution in [0.5, 0.6) is 0 Å². The molecule has 3 aromatic carbocycles. The Labute approximate surface area is 290 Å². The van der Waals surface area contributed by atoms with E-state index in [0.29, 0.717) is 33.8 Å². The third-order valence-corrected chi connectivity index (χ3v) is 13.5. The Kier molecular flexibility index (Phi) is 12.0. The second-order valence-electron chi connectivity index (χ2n) is 13.9. The summed E-state index contributed by atoms with van der Waals surface area (Å²) in [5.74, 6) is -1.41. The van der Waals surface area contributed by atoms with Crippen molar-refractivity contribution < 1.29 is 27.9 Å². The number of amides is 1. The number of aromatic nitrogens is 1. The van der Waals surface area contributed by atoms with Crippen molar-refractivity contribution in [3.8, 4) is 22.3 Å². The van der Waals surface area contributed by atoms with Crippen molar-refractivity contribution in [1.82, 2.24) is 4.57 Å². The average Bonchev–Trinajstić information content (AvgIpc) is 3.40. The molecule has 258 valence electrons. The first-order valence-corrected chi connectivity index (χ1v) is 19.4. The molecule has 7 nitrogen and oxygen atoms in total. The number of hydrogen-bond acceptors (Lipinski definition) is 5. The van der Waals surface area contributed by atoms with E-state index in [2.05, 4.69) is 39.2 Å². The number of carbonyl (C=O) groups excluding carboxylic acids is 3. The molecule has 0 unspecified atom stereocenters. The van der Waals surface area contributed by atoms with Gasteiger partial charge < -0.3 is 19.0 Å². The van der Waals surface area contributed by atoms with Gasteiger partial charge in [-0.05, 0) is 79.5 Å². The number of halogens is 1. The number of ketones is 1. The number of nitrogens with one attached hydrogen (secondary N) is 1. The molecule has 9 heteroatoms. The third kappa shape index (κ3) is 9.10. The number of para-hydroxylation sites is 1. The first-order valence-electron chi connectivity index (χ1n) is 16.5. The predicted molar refractivity (Wildman–Crippen MR) is 197 cm³/mol. The van der Waals surface area contributed by atoms with Crippen LogP contribution in [-0.2, 0) is 18.8 Å². The standard InChI is InChI=1S/C40H47FN2O5Si/c1-27(2)43-34(24-23-32(44)25-33(26-35(45)47-6)48-49(7,8)40(3,4)5)36(29-19-21-30(41)22-20-29)37(28-15-11-9-12-16-28)38(43)39(46)42-31-17-13-10-14-18-31/h9-24,27,33H,25-26H2,1-8H3,(H,42,46)/b24-23+/t33-/m1/s1. The zero-order chi connectivity index (χ0) is 35.9. The molecule has 0 aliphatic carbocycles. The molecule has 0 saturated carbocycles. The van der Waals surface area contributed by atoms with E-state index in [1.165, 1.54) is 25.3 Å². The van der Waals surface area contributed by atoms with Gasteiger partial charge in [0.25, 0.3) is 5.91 Å². The van der Waals surface area contributed by atoms with E-state index in [0.717, 1.165) is 5.56 Å². The molecular formula is C40H47FN2O5Si. The largest absolute Gasteiger partial charge is 0.469 e. The maximum Gasteiger partial charge on any atom is 0.308 e. The molecule has 1 atom stereocenters. The highest BCUT2D eigenvalue weighted by Crippen LogP contribution is 2.43. The van der Waals surface area contributed by atoms with E-state index in [4.69, 9.17) is 9.16 Å². The number of rotatable bonds is 13. The highest BCUT2D eigenvalue weighted by molar-refractivity contribution is 6.74. The molecule has 1 heterocycles. The van der Waals surface area contributed by atoms with Crippen molar-refractivity contribution in [1.29, 1.82) is 0 Å². The monoisotopic (exact) mass is 682 g/mol. The molecular weight excluding hydrogens is 636 g/mol. The van der Waals surface area contributed by atoms with Crippen molar-refractivity contribution in [2.24, 2.45) is 0 Å². The molecule has 0 fully saturated rings. The maximum absolute atomic E-state index is 14.3. The van der Waals surface area contributed by atoms with Gasteiger partial charge in [0, 0.05) is 29.3 Å². The quantitative estimate of drug-likeness (QED) is 0.0862. The summed E-state index contributed by atoms with van der Waals surface area (Å²) < 4.78 is 27.6. The van der Waals surface area contributed by atoms with E-state index < -0.39 is 20.4 Å². The van der Waals surface area contributed by atoms with Gasteiger partial charge in [0.05, 0.1) is 25.3 Å². The lowest BCUT2D eigenvalue weighted by molar-refractivity contribution is -0.142. The Morgan fingerprint density at radius 1 is 0.857 bits per heavy atom. The molecule has 1 aromatic heterocycles. The van der Waals surface area contributed by atoms with E-state index in [-0.39, 0.29) is 41.4 Å². The normalized spacial score (nSPS) is 12.7. The minimum atomic E-state index is -2.33. The van der Waals surface area contributed by atoms with Gasteiger partial charge in [-0.2, -0.15) is 0 Å². The van der Waals surface area contributed by atoms with Gasteiger partial charge in [-0.1, -0.05) is 81.4 Å². The van der Waals surface area contributed by atoms with Gasteiger partial charge in [0.2, 0.25) is 0 Å². The first kappa shape index (κ1) is 37.2. The summed E-state index contributed by atoms with van der Waals surface area (Å²) in [5, 5.41) is 2.91. The molecule has 4 rings (SSSR count). The molecule has 49 heavy (non-hydrogen) atoms. The smallest absolute Gasteiger partial charge is 0.308 e. The zero-order valence-corrected chi connectivity index (χ0v) is 30.7.